The fourth-order valence-corrected chi connectivity index (χ4v) is 3.84. The second-order valence-electron chi connectivity index (χ2n) is 7.88. The fraction of sp³-hybridized carbons (Fsp3) is 0.231. The summed E-state index contributed by atoms with van der Waals surface area (Å²) in [6.45, 7) is 2.66. The van der Waals surface area contributed by atoms with Crippen LogP contribution >= 0.6 is 0 Å². The maximum atomic E-state index is 14.5. The summed E-state index contributed by atoms with van der Waals surface area (Å²) < 4.78 is 43.6. The van der Waals surface area contributed by atoms with Crippen molar-refractivity contribution < 1.29 is 18.0 Å². The van der Waals surface area contributed by atoms with Crippen molar-refractivity contribution in [2.45, 2.75) is 12.8 Å². The normalized spacial score (nSPS) is 15.5. The van der Waals surface area contributed by atoms with Gasteiger partial charge in [0.05, 0.1) is 0 Å². The Labute approximate surface area is 202 Å². The first-order valence-corrected chi connectivity index (χ1v) is 11.2. The van der Waals surface area contributed by atoms with Crippen molar-refractivity contribution in [1.82, 2.24) is 10.6 Å². The van der Waals surface area contributed by atoms with Gasteiger partial charge < -0.3 is 27.1 Å². The predicted octanol–water partition coefficient (Wildman–Crippen LogP) is 4.22. The number of benzene rings is 2. The van der Waals surface area contributed by atoms with Gasteiger partial charge in [-0.1, -0.05) is 18.2 Å². The maximum absolute atomic E-state index is 14.5. The topological polar surface area (TPSA) is 103 Å². The quantitative estimate of drug-likeness (QED) is 0.411. The van der Waals surface area contributed by atoms with Gasteiger partial charge in [-0.15, -0.1) is 0 Å². The van der Waals surface area contributed by atoms with Gasteiger partial charge in [-0.2, -0.15) is 0 Å². The smallest absolute Gasteiger partial charge is 0.255 e. The standard InChI is InChI=1S/C23H22F3N3O.C3H6N2/c24-19-11-16(1-2-18(19)14-3-7-27-8-4-14)23(30)29-17-12-20(25)22(21(26)13-17)15-5-9-28-10-6-15;4-2-1-3-5/h1-3,5,11-13,27-28H,4,6-10H2,(H,29,30);1-4H,5H2/b;3-1-,4-2?. The molecule has 35 heavy (non-hydrogen) atoms. The molecule has 0 bridgehead atoms. The van der Waals surface area contributed by atoms with Gasteiger partial charge in [0.1, 0.15) is 17.5 Å². The number of carbonyl (C=O) groups excluding carboxylic acids is 1. The molecule has 2 aliphatic rings. The summed E-state index contributed by atoms with van der Waals surface area (Å²) in [6, 6.07) is 6.40. The largest absolute Gasteiger partial charge is 0.405 e. The zero-order valence-electron chi connectivity index (χ0n) is 19.1. The molecule has 0 radical (unpaired) electrons. The summed E-state index contributed by atoms with van der Waals surface area (Å²) >= 11 is 0. The summed E-state index contributed by atoms with van der Waals surface area (Å²) in [7, 11) is 0. The molecule has 0 fully saturated rings. The average molecular weight is 484 g/mol. The highest BCUT2D eigenvalue weighted by molar-refractivity contribution is 6.04. The van der Waals surface area contributed by atoms with Crippen LogP contribution in [0.4, 0.5) is 18.9 Å². The summed E-state index contributed by atoms with van der Waals surface area (Å²) in [4.78, 5) is 12.5. The molecule has 2 heterocycles. The highest BCUT2D eigenvalue weighted by Crippen LogP contribution is 2.29. The lowest BCUT2D eigenvalue weighted by atomic mass is 9.98. The molecule has 0 unspecified atom stereocenters. The minimum atomic E-state index is -0.738. The van der Waals surface area contributed by atoms with Crippen LogP contribution in [-0.4, -0.2) is 38.3 Å². The number of anilines is 1. The molecule has 0 spiro atoms. The van der Waals surface area contributed by atoms with Crippen LogP contribution in [0.25, 0.3) is 11.1 Å². The molecule has 9 heteroatoms. The second-order valence-corrected chi connectivity index (χ2v) is 7.88. The molecule has 0 atom stereocenters. The van der Waals surface area contributed by atoms with Gasteiger partial charge in [0.25, 0.3) is 5.91 Å². The Hall–Kier alpha value is -3.69. The molecular weight excluding hydrogens is 455 g/mol. The monoisotopic (exact) mass is 483 g/mol. The van der Waals surface area contributed by atoms with Crippen LogP contribution in [0.1, 0.15) is 34.3 Å². The minimum absolute atomic E-state index is 0.0150. The molecule has 184 valence electrons. The lowest BCUT2D eigenvalue weighted by molar-refractivity contribution is 0.102. The van der Waals surface area contributed by atoms with Crippen LogP contribution in [0, 0.1) is 22.9 Å². The Morgan fingerprint density at radius 1 is 0.943 bits per heavy atom. The van der Waals surface area contributed by atoms with Gasteiger partial charge in [0.15, 0.2) is 0 Å². The van der Waals surface area contributed by atoms with Gasteiger partial charge in [-0.25, -0.2) is 13.2 Å². The fourth-order valence-electron chi connectivity index (χ4n) is 3.84. The van der Waals surface area contributed by atoms with Crippen molar-refractivity contribution >= 4 is 29.0 Å². The van der Waals surface area contributed by atoms with Crippen molar-refractivity contribution in [3.8, 4) is 0 Å². The van der Waals surface area contributed by atoms with E-state index in [1.54, 1.807) is 12.1 Å². The number of rotatable bonds is 5. The third kappa shape index (κ3) is 6.91. The van der Waals surface area contributed by atoms with E-state index >= 15 is 0 Å². The van der Waals surface area contributed by atoms with Crippen LogP contribution < -0.4 is 21.7 Å². The van der Waals surface area contributed by atoms with Crippen molar-refractivity contribution in [3.05, 3.63) is 88.9 Å². The van der Waals surface area contributed by atoms with Gasteiger partial charge in [0, 0.05) is 41.7 Å². The van der Waals surface area contributed by atoms with Gasteiger partial charge in [-0.05, 0) is 73.6 Å². The molecule has 0 aliphatic carbocycles. The zero-order valence-corrected chi connectivity index (χ0v) is 19.1. The number of hydrogen-bond acceptors (Lipinski definition) is 5. The Morgan fingerprint density at radius 3 is 2.06 bits per heavy atom. The van der Waals surface area contributed by atoms with Crippen LogP contribution in [-0.2, 0) is 0 Å². The Bertz CT molecular complexity index is 1150. The molecule has 0 saturated carbocycles. The number of amides is 1. The van der Waals surface area contributed by atoms with E-state index in [-0.39, 0.29) is 16.8 Å². The van der Waals surface area contributed by atoms with Crippen molar-refractivity contribution in [1.29, 1.82) is 5.41 Å². The number of allylic oxidation sites excluding steroid dienone is 1. The van der Waals surface area contributed by atoms with E-state index in [1.165, 1.54) is 18.3 Å². The van der Waals surface area contributed by atoms with Crippen molar-refractivity contribution in [2.24, 2.45) is 5.73 Å². The van der Waals surface area contributed by atoms with Gasteiger partial charge in [0.2, 0.25) is 0 Å². The molecular formula is C26H28F3N5O. The molecule has 0 aromatic heterocycles. The maximum Gasteiger partial charge on any atom is 0.255 e. The molecule has 4 rings (SSSR count). The van der Waals surface area contributed by atoms with Crippen LogP contribution in [0.5, 0.6) is 0 Å². The summed E-state index contributed by atoms with van der Waals surface area (Å²) in [5.41, 5.74) is 6.76. The second kappa shape index (κ2) is 12.7. The zero-order chi connectivity index (χ0) is 25.2. The van der Waals surface area contributed by atoms with E-state index < -0.39 is 23.4 Å². The van der Waals surface area contributed by atoms with E-state index in [2.05, 4.69) is 16.0 Å². The number of nitrogens with two attached hydrogens (primary N) is 1. The summed E-state index contributed by atoms with van der Waals surface area (Å²) in [5.74, 6) is -2.61. The SMILES string of the molecule is N=C/C=C\N.O=C(Nc1cc(F)c(C2=CCNCC2)c(F)c1)c1ccc(C2=CCNCC2)c(F)c1. The first kappa shape index (κ1) is 25.9. The Kier molecular flexibility index (Phi) is 9.39. The number of halogens is 3. The van der Waals surface area contributed by atoms with Gasteiger partial charge in [-0.3, -0.25) is 4.79 Å². The number of hydrogen-bond donors (Lipinski definition) is 5. The molecule has 6 N–H and O–H groups in total. The van der Waals surface area contributed by atoms with Gasteiger partial charge >= 0.3 is 0 Å². The summed E-state index contributed by atoms with van der Waals surface area (Å²) in [5, 5.41) is 15.0. The highest BCUT2D eigenvalue weighted by Gasteiger charge is 2.19. The highest BCUT2D eigenvalue weighted by atomic mass is 19.1. The van der Waals surface area contributed by atoms with Crippen molar-refractivity contribution in [2.75, 3.05) is 31.5 Å². The third-order valence-corrected chi connectivity index (χ3v) is 5.53. The molecule has 2 aromatic rings. The van der Waals surface area contributed by atoms with E-state index in [4.69, 9.17) is 11.1 Å². The first-order valence-electron chi connectivity index (χ1n) is 11.2. The molecule has 0 saturated heterocycles. The van der Waals surface area contributed by atoms with Crippen LogP contribution in [0.3, 0.4) is 0 Å². The van der Waals surface area contributed by atoms with E-state index in [1.807, 2.05) is 6.08 Å². The van der Waals surface area contributed by atoms with Crippen molar-refractivity contribution in [3.63, 3.8) is 0 Å². The molecule has 1 amide bonds. The lowest BCUT2D eigenvalue weighted by Gasteiger charge is -2.17. The number of nitrogens with one attached hydrogen (secondary N) is 4. The first-order chi connectivity index (χ1) is 16.9. The van der Waals surface area contributed by atoms with E-state index in [0.717, 1.165) is 36.5 Å². The van der Waals surface area contributed by atoms with E-state index in [9.17, 15) is 18.0 Å². The molecule has 2 aliphatic heterocycles. The average Bonchev–Trinajstić information content (AvgIpc) is 2.85. The third-order valence-electron chi connectivity index (χ3n) is 5.53. The molecule has 2 aromatic carbocycles. The van der Waals surface area contributed by atoms with Crippen LogP contribution in [0.2, 0.25) is 0 Å². The predicted molar refractivity (Wildman–Crippen MR) is 134 cm³/mol. The lowest BCUT2D eigenvalue weighted by Crippen LogP contribution is -2.21. The summed E-state index contributed by atoms with van der Waals surface area (Å²) in [6.07, 6.45) is 8.79. The Balaban J connectivity index is 0.000000623. The van der Waals surface area contributed by atoms with Crippen LogP contribution in [0.15, 0.2) is 54.8 Å². The van der Waals surface area contributed by atoms with E-state index in [0.29, 0.717) is 43.6 Å². The minimum Gasteiger partial charge on any atom is -0.405 e. The molecule has 6 nitrogen and oxygen atoms in total. The Morgan fingerprint density at radius 2 is 1.57 bits per heavy atom. The number of carbonyl (C=O) groups is 1.